The van der Waals surface area contributed by atoms with Crippen LogP contribution in [0.5, 0.6) is 0 Å². The second-order valence-corrected chi connectivity index (χ2v) is 4.20. The predicted molar refractivity (Wildman–Crippen MR) is 73.9 cm³/mol. The minimum Gasteiger partial charge on any atom is -0.147 e. The minimum absolute atomic E-state index is 0. The molecule has 0 bridgehead atoms. The average molecular weight is 290 g/mol. The van der Waals surface area contributed by atoms with Gasteiger partial charge < -0.3 is 0 Å². The smallest absolute Gasteiger partial charge is 0.147 e. The Hall–Kier alpha value is -0.0757. The van der Waals surface area contributed by atoms with Gasteiger partial charge in [-0.3, -0.25) is 0 Å². The van der Waals surface area contributed by atoms with Crippen molar-refractivity contribution in [3.05, 3.63) is 47.6 Å². The molecule has 0 aromatic rings. The zero-order valence-electron chi connectivity index (χ0n) is 11.3. The van der Waals surface area contributed by atoms with Gasteiger partial charge in [-0.25, -0.2) is 0 Å². The Balaban J connectivity index is 0. The largest absolute Gasteiger partial charge is 0.147 e. The third kappa shape index (κ3) is 5.88. The summed E-state index contributed by atoms with van der Waals surface area (Å²) >= 11 is 1.75. The molecule has 3 heteroatoms. The molecule has 0 saturated carbocycles. The quantitative estimate of drug-likeness (QED) is 0.527. The maximum absolute atomic E-state index is 5.65. The van der Waals surface area contributed by atoms with Gasteiger partial charge in [0, 0.05) is 0 Å². The zero-order chi connectivity index (χ0) is 12.6. The summed E-state index contributed by atoms with van der Waals surface area (Å²) in [6, 6.07) is 0. The molecule has 0 aromatic heterocycles. The molecular weight excluding hydrogens is 267 g/mol. The van der Waals surface area contributed by atoms with Crippen molar-refractivity contribution in [2.24, 2.45) is 0 Å². The van der Waals surface area contributed by atoms with Gasteiger partial charge in [0.25, 0.3) is 0 Å². The van der Waals surface area contributed by atoms with Crippen LogP contribution in [-0.4, -0.2) is 5.60 Å². The Morgan fingerprint density at radius 2 is 1.35 bits per heavy atom. The molecule has 0 spiro atoms. The Morgan fingerprint density at radius 1 is 1.00 bits per heavy atom. The minimum atomic E-state index is -0.320. The van der Waals surface area contributed by atoms with Crippen molar-refractivity contribution >= 4 is 12.4 Å². The van der Waals surface area contributed by atoms with Crippen LogP contribution in [0.4, 0.5) is 0 Å². The van der Waals surface area contributed by atoms with Gasteiger partial charge in [0.2, 0.25) is 0 Å². The van der Waals surface area contributed by atoms with Gasteiger partial charge >= 0.3 is 112 Å². The summed E-state index contributed by atoms with van der Waals surface area (Å²) in [5.41, 5.74) is 2.08. The normalized spacial score (nSPS) is 17.2. The van der Waals surface area contributed by atoms with Crippen LogP contribution in [0.1, 0.15) is 34.6 Å². The number of hydrogen-bond acceptors (Lipinski definition) is 1. The fraction of sp³-hybridized carbons (Fsp3) is 0.429. The molecular formula is C14H22ClOTi. The summed E-state index contributed by atoms with van der Waals surface area (Å²) in [6.45, 7) is 10.3. The van der Waals surface area contributed by atoms with Gasteiger partial charge in [-0.05, 0) is 0 Å². The van der Waals surface area contributed by atoms with E-state index in [0.29, 0.717) is 0 Å². The molecule has 0 radical (unpaired) electrons. The van der Waals surface area contributed by atoms with E-state index in [2.05, 4.69) is 32.9 Å². The molecule has 17 heavy (non-hydrogen) atoms. The molecule has 95 valence electrons. The van der Waals surface area contributed by atoms with Crippen LogP contribution in [0.2, 0.25) is 0 Å². The van der Waals surface area contributed by atoms with Crippen LogP contribution < -0.4 is 0 Å². The number of hydrogen-bond donors (Lipinski definition) is 0. The van der Waals surface area contributed by atoms with E-state index in [1.807, 2.05) is 38.2 Å². The third-order valence-corrected chi connectivity index (χ3v) is 3.42. The Labute approximate surface area is 124 Å². The monoisotopic (exact) mass is 289 g/mol. The summed E-state index contributed by atoms with van der Waals surface area (Å²) in [7, 11) is 0. The van der Waals surface area contributed by atoms with Crippen molar-refractivity contribution < 1.29 is 24.1 Å². The molecule has 0 aliphatic carbocycles. The Kier molecular flexibility index (Phi) is 11.2. The zero-order valence-corrected chi connectivity index (χ0v) is 13.7. The van der Waals surface area contributed by atoms with Crippen LogP contribution in [0, 0.1) is 0 Å². The van der Waals surface area contributed by atoms with Gasteiger partial charge in [-0.2, -0.15) is 0 Å². The predicted octanol–water partition coefficient (Wildman–Crippen LogP) is 4.69. The fourth-order valence-corrected chi connectivity index (χ4v) is 1.77. The molecule has 0 N–H and O–H groups in total. The van der Waals surface area contributed by atoms with Crippen molar-refractivity contribution in [2.75, 3.05) is 0 Å². The number of allylic oxidation sites excluding steroid dienone is 6. The maximum atomic E-state index is 5.65. The molecule has 0 atom stereocenters. The van der Waals surface area contributed by atoms with E-state index < -0.39 is 0 Å². The van der Waals surface area contributed by atoms with Gasteiger partial charge in [-0.1, -0.05) is 0 Å². The fourth-order valence-electron chi connectivity index (χ4n) is 1.27. The van der Waals surface area contributed by atoms with Gasteiger partial charge in [0.15, 0.2) is 0 Å². The van der Waals surface area contributed by atoms with Gasteiger partial charge in [0.1, 0.15) is 0 Å². The second-order valence-electron chi connectivity index (χ2n) is 3.89. The van der Waals surface area contributed by atoms with Gasteiger partial charge in [0.05, 0.1) is 0 Å². The first-order chi connectivity index (χ1) is 7.52. The molecule has 1 nitrogen and oxygen atoms in total. The first-order valence-corrected chi connectivity index (χ1v) is 6.11. The summed E-state index contributed by atoms with van der Waals surface area (Å²) in [6.07, 6.45) is 12.3. The standard InChI is InChI=1S/C14H21O.ClH.Ti/c1-6-8-10-12(3)14(5,15)13(4)11-9-7-2;;/h6-11H,1-5H3;1H;/q-1;;+1. The van der Waals surface area contributed by atoms with Crippen LogP contribution in [0.3, 0.4) is 0 Å². The molecule has 0 heterocycles. The van der Waals surface area contributed by atoms with Crippen LogP contribution in [0.25, 0.3) is 0 Å². The molecule has 0 aliphatic rings. The van der Waals surface area contributed by atoms with E-state index in [1.54, 1.807) is 20.8 Å². The molecule has 0 aromatic carbocycles. The molecule has 0 aliphatic heterocycles. The van der Waals surface area contributed by atoms with E-state index >= 15 is 0 Å². The first-order valence-electron chi connectivity index (χ1n) is 5.47. The second kappa shape index (κ2) is 9.90. The van der Waals surface area contributed by atoms with Gasteiger partial charge in [-0.15, -0.1) is 12.4 Å². The number of rotatable bonds is 5. The first kappa shape index (κ1) is 19.3. The van der Waals surface area contributed by atoms with Crippen molar-refractivity contribution in [1.82, 2.24) is 0 Å². The summed E-state index contributed by atoms with van der Waals surface area (Å²) in [4.78, 5) is 0. The van der Waals surface area contributed by atoms with Crippen molar-refractivity contribution in [3.63, 3.8) is 0 Å². The molecule has 0 amide bonds. The van der Waals surface area contributed by atoms with E-state index in [4.69, 9.17) is 3.32 Å². The summed E-state index contributed by atoms with van der Waals surface area (Å²) in [5.74, 6) is 0. The van der Waals surface area contributed by atoms with Crippen molar-refractivity contribution in [2.45, 2.75) is 40.2 Å². The van der Waals surface area contributed by atoms with E-state index in [1.165, 1.54) is 11.1 Å². The number of halogens is 1. The SMILES string of the molecule is CC=CC=C(C)C(C)([O][Ti])C(C)=CC=CC.Cl. The van der Waals surface area contributed by atoms with E-state index in [0.717, 1.165) is 0 Å². The van der Waals surface area contributed by atoms with Crippen LogP contribution >= 0.6 is 12.4 Å². The maximum Gasteiger partial charge on any atom is -0.147 e. The van der Waals surface area contributed by atoms with E-state index in [-0.39, 0.29) is 18.0 Å². The average Bonchev–Trinajstić information content (AvgIpc) is 2.31. The Morgan fingerprint density at radius 3 is 1.59 bits per heavy atom. The topological polar surface area (TPSA) is 9.23 Å². The van der Waals surface area contributed by atoms with Crippen LogP contribution in [0.15, 0.2) is 47.6 Å². The Bertz CT molecular complexity index is 299. The molecule has 0 rings (SSSR count). The molecule has 0 unspecified atom stereocenters. The summed E-state index contributed by atoms with van der Waals surface area (Å²) < 4.78 is 5.65. The van der Waals surface area contributed by atoms with Crippen molar-refractivity contribution in [1.29, 1.82) is 0 Å². The van der Waals surface area contributed by atoms with Crippen molar-refractivity contribution in [3.8, 4) is 0 Å². The van der Waals surface area contributed by atoms with E-state index in [9.17, 15) is 0 Å². The summed E-state index contributed by atoms with van der Waals surface area (Å²) in [5, 5.41) is 0. The molecule has 0 saturated heterocycles. The van der Waals surface area contributed by atoms with Crippen LogP contribution in [-0.2, 0) is 24.1 Å². The third-order valence-electron chi connectivity index (χ3n) is 2.79. The molecule has 0 fully saturated rings.